The van der Waals surface area contributed by atoms with Gasteiger partial charge in [-0.15, -0.1) is 0 Å². The number of carbonyl (C=O) groups is 3. The fourth-order valence-electron chi connectivity index (χ4n) is 1.25. The van der Waals surface area contributed by atoms with Crippen molar-refractivity contribution in [3.63, 3.8) is 0 Å². The molecule has 0 radical (unpaired) electrons. The van der Waals surface area contributed by atoms with Crippen LogP contribution in [0.3, 0.4) is 0 Å². The summed E-state index contributed by atoms with van der Waals surface area (Å²) in [6, 6.07) is 7.43. The maximum Gasteiger partial charge on any atom is 0.408 e. The molecule has 2 amide bonds. The molecule has 1 aromatic carbocycles. The number of nitrogens with one attached hydrogen (secondary N) is 1. The zero-order valence-corrected chi connectivity index (χ0v) is 10.4. The molecule has 1 atom stereocenters. The van der Waals surface area contributed by atoms with Crippen molar-refractivity contribution in [2.24, 2.45) is 5.73 Å². The molecule has 0 fully saturated rings. The SMILES string of the molecule is NC(=O)OC[C@H](NC(=O)OCc1ccccc1)C(=O)O. The molecule has 0 bridgehead atoms. The maximum atomic E-state index is 11.4. The number of hydrogen-bond donors (Lipinski definition) is 3. The number of primary amides is 1. The molecule has 0 unspecified atom stereocenters. The Balaban J connectivity index is 2.41. The number of carboxylic acid groups (broad SMARTS) is 1. The molecule has 20 heavy (non-hydrogen) atoms. The molecular formula is C12H14N2O6. The second kappa shape index (κ2) is 7.62. The normalized spacial score (nSPS) is 11.2. The first kappa shape index (κ1) is 15.3. The molecule has 4 N–H and O–H groups in total. The Hall–Kier alpha value is -2.77. The zero-order chi connectivity index (χ0) is 15.0. The lowest BCUT2D eigenvalue weighted by Crippen LogP contribution is -2.45. The number of benzene rings is 1. The summed E-state index contributed by atoms with van der Waals surface area (Å²) in [4.78, 5) is 32.6. The average molecular weight is 282 g/mol. The van der Waals surface area contributed by atoms with Gasteiger partial charge in [0.1, 0.15) is 13.2 Å². The number of aliphatic carboxylic acids is 1. The molecule has 0 saturated heterocycles. The first-order chi connectivity index (χ1) is 9.49. The first-order valence-corrected chi connectivity index (χ1v) is 5.61. The van der Waals surface area contributed by atoms with Crippen LogP contribution in [0.4, 0.5) is 9.59 Å². The van der Waals surface area contributed by atoms with Crippen LogP contribution < -0.4 is 11.1 Å². The molecule has 0 heterocycles. The van der Waals surface area contributed by atoms with Crippen molar-refractivity contribution in [3.05, 3.63) is 35.9 Å². The first-order valence-electron chi connectivity index (χ1n) is 5.61. The number of ether oxygens (including phenoxy) is 2. The number of carboxylic acids is 1. The fraction of sp³-hybridized carbons (Fsp3) is 0.250. The lowest BCUT2D eigenvalue weighted by Gasteiger charge is -2.14. The van der Waals surface area contributed by atoms with E-state index in [1.165, 1.54) is 0 Å². The maximum absolute atomic E-state index is 11.4. The summed E-state index contributed by atoms with van der Waals surface area (Å²) in [5.74, 6) is -1.37. The van der Waals surface area contributed by atoms with E-state index in [0.29, 0.717) is 0 Å². The van der Waals surface area contributed by atoms with Crippen LogP contribution in [0.15, 0.2) is 30.3 Å². The van der Waals surface area contributed by atoms with E-state index in [2.05, 4.69) is 4.74 Å². The highest BCUT2D eigenvalue weighted by Gasteiger charge is 2.22. The molecule has 108 valence electrons. The molecule has 0 aliphatic rings. The van der Waals surface area contributed by atoms with Crippen LogP contribution in [0.5, 0.6) is 0 Å². The quantitative estimate of drug-likeness (QED) is 0.695. The van der Waals surface area contributed by atoms with E-state index >= 15 is 0 Å². The third-order valence-corrected chi connectivity index (χ3v) is 2.20. The average Bonchev–Trinajstić information content (AvgIpc) is 2.41. The molecular weight excluding hydrogens is 268 g/mol. The number of carbonyl (C=O) groups excluding carboxylic acids is 2. The monoisotopic (exact) mass is 282 g/mol. The molecule has 8 heteroatoms. The van der Waals surface area contributed by atoms with Crippen molar-refractivity contribution < 1.29 is 29.0 Å². The lowest BCUT2D eigenvalue weighted by atomic mass is 10.2. The second-order valence-corrected chi connectivity index (χ2v) is 3.73. The summed E-state index contributed by atoms with van der Waals surface area (Å²) < 4.78 is 9.15. The Morgan fingerprint density at radius 2 is 1.85 bits per heavy atom. The van der Waals surface area contributed by atoms with Gasteiger partial charge in [0.25, 0.3) is 0 Å². The van der Waals surface area contributed by atoms with E-state index in [4.69, 9.17) is 15.6 Å². The minimum Gasteiger partial charge on any atom is -0.480 e. The zero-order valence-electron chi connectivity index (χ0n) is 10.4. The largest absolute Gasteiger partial charge is 0.480 e. The highest BCUT2D eigenvalue weighted by atomic mass is 16.6. The molecule has 0 aliphatic carbocycles. The predicted octanol–water partition coefficient (Wildman–Crippen LogP) is 0.461. The van der Waals surface area contributed by atoms with E-state index in [9.17, 15) is 14.4 Å². The molecule has 0 saturated carbocycles. The van der Waals surface area contributed by atoms with Crippen molar-refractivity contribution in [1.29, 1.82) is 0 Å². The third-order valence-electron chi connectivity index (χ3n) is 2.20. The molecule has 0 aromatic heterocycles. The smallest absolute Gasteiger partial charge is 0.408 e. The molecule has 0 spiro atoms. The number of hydrogen-bond acceptors (Lipinski definition) is 5. The van der Waals surface area contributed by atoms with Gasteiger partial charge in [-0.3, -0.25) is 0 Å². The van der Waals surface area contributed by atoms with Crippen LogP contribution in [0.2, 0.25) is 0 Å². The fourth-order valence-corrected chi connectivity index (χ4v) is 1.25. The summed E-state index contributed by atoms with van der Waals surface area (Å²) in [5.41, 5.74) is 5.46. The van der Waals surface area contributed by atoms with Gasteiger partial charge >= 0.3 is 18.2 Å². The van der Waals surface area contributed by atoms with E-state index < -0.39 is 30.8 Å². The van der Waals surface area contributed by atoms with Gasteiger partial charge in [0.2, 0.25) is 0 Å². The molecule has 1 aromatic rings. The predicted molar refractivity (Wildman–Crippen MR) is 66.7 cm³/mol. The number of amides is 2. The third kappa shape index (κ3) is 5.71. The molecule has 8 nitrogen and oxygen atoms in total. The van der Waals surface area contributed by atoms with Crippen LogP contribution in [-0.4, -0.2) is 35.9 Å². The van der Waals surface area contributed by atoms with Gasteiger partial charge in [0.15, 0.2) is 6.04 Å². The number of rotatable bonds is 6. The summed E-state index contributed by atoms with van der Waals surface area (Å²) in [6.07, 6.45) is -2.06. The standard InChI is InChI=1S/C12H14N2O6/c13-11(17)19-7-9(10(15)16)14-12(18)20-6-8-4-2-1-3-5-8/h1-5,9H,6-7H2,(H2,13,17)(H,14,18)(H,15,16)/t9-/m0/s1. The van der Waals surface area contributed by atoms with Gasteiger partial charge in [0, 0.05) is 0 Å². The number of alkyl carbamates (subject to hydrolysis) is 1. The Labute approximate surface area is 114 Å². The highest BCUT2D eigenvalue weighted by Crippen LogP contribution is 2.00. The van der Waals surface area contributed by atoms with E-state index in [1.54, 1.807) is 24.3 Å². The minimum atomic E-state index is -1.43. The number of nitrogens with two attached hydrogens (primary N) is 1. The minimum absolute atomic E-state index is 0.00428. The van der Waals surface area contributed by atoms with Gasteiger partial charge in [-0.2, -0.15) is 0 Å². The summed E-state index contributed by atoms with van der Waals surface area (Å²) in [7, 11) is 0. The van der Waals surface area contributed by atoms with Gasteiger partial charge in [-0.25, -0.2) is 14.4 Å². The van der Waals surface area contributed by atoms with Crippen molar-refractivity contribution >= 4 is 18.2 Å². The van der Waals surface area contributed by atoms with Crippen molar-refractivity contribution in [3.8, 4) is 0 Å². The van der Waals surface area contributed by atoms with Crippen LogP contribution in [0.1, 0.15) is 5.56 Å². The van der Waals surface area contributed by atoms with Gasteiger partial charge in [0.05, 0.1) is 0 Å². The van der Waals surface area contributed by atoms with Crippen LogP contribution in [0, 0.1) is 0 Å². The van der Waals surface area contributed by atoms with Gasteiger partial charge in [-0.1, -0.05) is 30.3 Å². The Morgan fingerprint density at radius 3 is 2.40 bits per heavy atom. The van der Waals surface area contributed by atoms with E-state index in [0.717, 1.165) is 5.56 Å². The van der Waals surface area contributed by atoms with Crippen molar-refractivity contribution in [1.82, 2.24) is 5.32 Å². The van der Waals surface area contributed by atoms with Gasteiger partial charge in [-0.05, 0) is 5.56 Å². The van der Waals surface area contributed by atoms with Crippen LogP contribution >= 0.6 is 0 Å². The molecule has 1 rings (SSSR count). The Bertz CT molecular complexity index is 476. The van der Waals surface area contributed by atoms with Crippen molar-refractivity contribution in [2.45, 2.75) is 12.6 Å². The second-order valence-electron chi connectivity index (χ2n) is 3.73. The van der Waals surface area contributed by atoms with Gasteiger partial charge < -0.3 is 25.6 Å². The van der Waals surface area contributed by atoms with Crippen LogP contribution in [-0.2, 0) is 20.9 Å². The highest BCUT2D eigenvalue weighted by molar-refractivity contribution is 5.80. The summed E-state index contributed by atoms with van der Waals surface area (Å²) >= 11 is 0. The van der Waals surface area contributed by atoms with Crippen LogP contribution in [0.25, 0.3) is 0 Å². The summed E-state index contributed by atoms with van der Waals surface area (Å²) in [5, 5.41) is 10.9. The summed E-state index contributed by atoms with van der Waals surface area (Å²) in [6.45, 7) is -0.583. The molecule has 0 aliphatic heterocycles. The Kier molecular flexibility index (Phi) is 5.82. The Morgan fingerprint density at radius 1 is 1.20 bits per heavy atom. The topological polar surface area (TPSA) is 128 Å². The van der Waals surface area contributed by atoms with Crippen molar-refractivity contribution in [2.75, 3.05) is 6.61 Å². The van der Waals surface area contributed by atoms with E-state index in [1.807, 2.05) is 11.4 Å². The van der Waals surface area contributed by atoms with E-state index in [-0.39, 0.29) is 6.61 Å². The lowest BCUT2D eigenvalue weighted by molar-refractivity contribution is -0.140.